The summed E-state index contributed by atoms with van der Waals surface area (Å²) >= 11 is 0. The third-order valence-electron chi connectivity index (χ3n) is 2.38. The van der Waals surface area contributed by atoms with Gasteiger partial charge in [-0.1, -0.05) is 26.7 Å². The van der Waals surface area contributed by atoms with Crippen LogP contribution in [-0.4, -0.2) is 23.0 Å². The molecule has 0 aromatic carbocycles. The maximum atomic E-state index is 11.3. The molecule has 4 nitrogen and oxygen atoms in total. The van der Waals surface area contributed by atoms with Gasteiger partial charge in [-0.3, -0.25) is 9.59 Å². The summed E-state index contributed by atoms with van der Waals surface area (Å²) < 4.78 is 0. The van der Waals surface area contributed by atoms with Gasteiger partial charge in [-0.2, -0.15) is 0 Å². The Balaban J connectivity index is 3.91. The van der Waals surface area contributed by atoms with Crippen molar-refractivity contribution in [2.45, 2.75) is 46.1 Å². The van der Waals surface area contributed by atoms with Gasteiger partial charge >= 0.3 is 5.97 Å². The van der Waals surface area contributed by atoms with Crippen LogP contribution in [0.3, 0.4) is 0 Å². The fourth-order valence-corrected chi connectivity index (χ4v) is 1.20. The number of aliphatic carboxylic acids is 1. The van der Waals surface area contributed by atoms with Crippen molar-refractivity contribution in [3.8, 4) is 0 Å². The van der Waals surface area contributed by atoms with E-state index in [0.29, 0.717) is 12.3 Å². The first-order valence-corrected chi connectivity index (χ1v) is 5.03. The minimum absolute atomic E-state index is 0.173. The number of carboxylic acids is 1. The van der Waals surface area contributed by atoms with E-state index in [0.717, 1.165) is 12.8 Å². The van der Waals surface area contributed by atoms with Gasteiger partial charge in [0.05, 0.1) is 0 Å². The first kappa shape index (κ1) is 12.9. The Morgan fingerprint density at radius 2 is 1.79 bits per heavy atom. The zero-order valence-corrected chi connectivity index (χ0v) is 9.04. The Morgan fingerprint density at radius 3 is 2.14 bits per heavy atom. The lowest BCUT2D eigenvalue weighted by Gasteiger charge is -2.13. The third kappa shape index (κ3) is 4.84. The molecule has 0 aliphatic heterocycles. The average Bonchev–Trinajstić information content (AvgIpc) is 2.13. The van der Waals surface area contributed by atoms with Crippen molar-refractivity contribution in [2.24, 2.45) is 5.92 Å². The molecule has 0 aliphatic carbocycles. The maximum Gasteiger partial charge on any atom is 0.325 e. The molecule has 0 saturated carbocycles. The second-order valence-electron chi connectivity index (χ2n) is 3.51. The molecule has 82 valence electrons. The quantitative estimate of drug-likeness (QED) is 0.682. The van der Waals surface area contributed by atoms with Crippen LogP contribution < -0.4 is 5.32 Å². The number of amides is 1. The number of hydrogen-bond donors (Lipinski definition) is 2. The van der Waals surface area contributed by atoms with E-state index in [1.165, 1.54) is 6.92 Å². The Labute approximate surface area is 84.7 Å². The van der Waals surface area contributed by atoms with Crippen LogP contribution in [0.4, 0.5) is 0 Å². The highest BCUT2D eigenvalue weighted by molar-refractivity contribution is 5.83. The summed E-state index contributed by atoms with van der Waals surface area (Å²) in [5.41, 5.74) is 0. The molecule has 0 bridgehead atoms. The first-order valence-electron chi connectivity index (χ1n) is 5.03. The van der Waals surface area contributed by atoms with Gasteiger partial charge in [-0.15, -0.1) is 0 Å². The molecular weight excluding hydrogens is 182 g/mol. The monoisotopic (exact) mass is 201 g/mol. The number of hydrogen-bond acceptors (Lipinski definition) is 2. The van der Waals surface area contributed by atoms with Crippen molar-refractivity contribution in [2.75, 3.05) is 0 Å². The van der Waals surface area contributed by atoms with E-state index in [1.807, 2.05) is 13.8 Å². The minimum atomic E-state index is -0.997. The van der Waals surface area contributed by atoms with Crippen molar-refractivity contribution in [3.05, 3.63) is 0 Å². The van der Waals surface area contributed by atoms with Crippen LogP contribution in [0.25, 0.3) is 0 Å². The average molecular weight is 201 g/mol. The van der Waals surface area contributed by atoms with Crippen molar-refractivity contribution in [1.29, 1.82) is 0 Å². The number of carbonyl (C=O) groups excluding carboxylic acids is 1. The van der Waals surface area contributed by atoms with E-state index in [1.54, 1.807) is 0 Å². The van der Waals surface area contributed by atoms with Crippen LogP contribution in [-0.2, 0) is 9.59 Å². The normalized spacial score (nSPS) is 12.6. The molecule has 0 spiro atoms. The van der Waals surface area contributed by atoms with Crippen molar-refractivity contribution in [3.63, 3.8) is 0 Å². The standard InChI is InChI=1S/C10H19NO3/c1-4-8(5-2)6-9(12)11-7(3)10(13)14/h7-8H,4-6H2,1-3H3,(H,11,12)(H,13,14)/t7-/m1/s1. The van der Waals surface area contributed by atoms with Gasteiger partial charge in [0.15, 0.2) is 0 Å². The van der Waals surface area contributed by atoms with Crippen molar-refractivity contribution < 1.29 is 14.7 Å². The number of rotatable bonds is 6. The molecule has 0 rings (SSSR count). The van der Waals surface area contributed by atoms with Crippen LogP contribution in [0.5, 0.6) is 0 Å². The second kappa shape index (κ2) is 6.40. The lowest BCUT2D eigenvalue weighted by atomic mass is 9.99. The van der Waals surface area contributed by atoms with Crippen LogP contribution in [0.1, 0.15) is 40.0 Å². The summed E-state index contributed by atoms with van der Waals surface area (Å²) in [6, 6.07) is -0.795. The van der Waals surface area contributed by atoms with Crippen LogP contribution in [0.2, 0.25) is 0 Å². The van der Waals surface area contributed by atoms with Crippen LogP contribution in [0.15, 0.2) is 0 Å². The topological polar surface area (TPSA) is 66.4 Å². The molecule has 0 unspecified atom stereocenters. The molecule has 4 heteroatoms. The molecule has 14 heavy (non-hydrogen) atoms. The summed E-state index contributed by atoms with van der Waals surface area (Å²) in [6.45, 7) is 5.53. The maximum absolute atomic E-state index is 11.3. The van der Waals surface area contributed by atoms with Gasteiger partial charge in [0.25, 0.3) is 0 Å². The number of carbonyl (C=O) groups is 2. The summed E-state index contributed by atoms with van der Waals surface area (Å²) in [7, 11) is 0. The predicted octanol–water partition coefficient (Wildman–Crippen LogP) is 1.40. The predicted molar refractivity (Wildman–Crippen MR) is 53.9 cm³/mol. The smallest absolute Gasteiger partial charge is 0.325 e. The molecule has 0 aromatic rings. The molecule has 0 radical (unpaired) electrons. The van der Waals surface area contributed by atoms with Gasteiger partial charge in [-0.05, 0) is 12.8 Å². The lowest BCUT2D eigenvalue weighted by Crippen LogP contribution is -2.38. The van der Waals surface area contributed by atoms with E-state index >= 15 is 0 Å². The Bertz CT molecular complexity index is 200. The van der Waals surface area contributed by atoms with Gasteiger partial charge < -0.3 is 10.4 Å². The minimum Gasteiger partial charge on any atom is -0.480 e. The van der Waals surface area contributed by atoms with Gasteiger partial charge in [0.1, 0.15) is 6.04 Å². The molecule has 0 saturated heterocycles. The molecule has 1 atom stereocenters. The van der Waals surface area contributed by atoms with Crippen molar-refractivity contribution in [1.82, 2.24) is 5.32 Å². The van der Waals surface area contributed by atoms with E-state index < -0.39 is 12.0 Å². The highest BCUT2D eigenvalue weighted by Crippen LogP contribution is 2.11. The van der Waals surface area contributed by atoms with E-state index in [2.05, 4.69) is 5.32 Å². The molecule has 0 fully saturated rings. The molecule has 1 amide bonds. The molecular formula is C10H19NO3. The third-order valence-corrected chi connectivity index (χ3v) is 2.38. The summed E-state index contributed by atoms with van der Waals surface area (Å²) in [5.74, 6) is -0.813. The Hall–Kier alpha value is -1.06. The fraction of sp³-hybridized carbons (Fsp3) is 0.800. The molecule has 2 N–H and O–H groups in total. The van der Waals surface area contributed by atoms with Crippen LogP contribution in [0, 0.1) is 5.92 Å². The number of carboxylic acid groups (broad SMARTS) is 1. The van der Waals surface area contributed by atoms with Gasteiger partial charge in [0.2, 0.25) is 5.91 Å². The molecule has 0 heterocycles. The zero-order valence-electron chi connectivity index (χ0n) is 9.04. The Kier molecular flexibility index (Phi) is 5.92. The summed E-state index contributed by atoms with van der Waals surface area (Å²) in [4.78, 5) is 21.8. The van der Waals surface area contributed by atoms with Crippen LogP contribution >= 0.6 is 0 Å². The summed E-state index contributed by atoms with van der Waals surface area (Å²) in [6.07, 6.45) is 2.32. The van der Waals surface area contributed by atoms with Gasteiger partial charge in [0, 0.05) is 6.42 Å². The zero-order chi connectivity index (χ0) is 11.1. The fourth-order valence-electron chi connectivity index (χ4n) is 1.20. The SMILES string of the molecule is CCC(CC)CC(=O)N[C@H](C)C(=O)O. The van der Waals surface area contributed by atoms with E-state index in [-0.39, 0.29) is 5.91 Å². The van der Waals surface area contributed by atoms with Crippen molar-refractivity contribution >= 4 is 11.9 Å². The first-order chi connectivity index (χ1) is 6.51. The summed E-state index contributed by atoms with van der Waals surface area (Å²) in [5, 5.41) is 11.0. The second-order valence-corrected chi connectivity index (χ2v) is 3.51. The Morgan fingerprint density at radius 1 is 1.29 bits per heavy atom. The van der Waals surface area contributed by atoms with Gasteiger partial charge in [-0.25, -0.2) is 0 Å². The molecule has 0 aliphatic rings. The lowest BCUT2D eigenvalue weighted by molar-refractivity contribution is -0.141. The highest BCUT2D eigenvalue weighted by Gasteiger charge is 2.16. The highest BCUT2D eigenvalue weighted by atomic mass is 16.4. The number of nitrogens with one attached hydrogen (secondary N) is 1. The molecule has 0 aromatic heterocycles. The van der Waals surface area contributed by atoms with E-state index in [4.69, 9.17) is 5.11 Å². The van der Waals surface area contributed by atoms with E-state index in [9.17, 15) is 9.59 Å². The largest absolute Gasteiger partial charge is 0.480 e.